The van der Waals surface area contributed by atoms with E-state index in [0.717, 1.165) is 17.3 Å². The number of phenols is 1. The van der Waals surface area contributed by atoms with Gasteiger partial charge < -0.3 is 20.4 Å². The SMILES string of the molecule is [C-]#[N+]c1ccc(-c2nnc(N[C@@H]3C[C@H](O)CN(C)C3)c3ccccc23)c(O)c1. The van der Waals surface area contributed by atoms with Gasteiger partial charge in [0.2, 0.25) is 0 Å². The van der Waals surface area contributed by atoms with Crippen molar-refractivity contribution in [1.29, 1.82) is 0 Å². The zero-order valence-electron chi connectivity index (χ0n) is 15.5. The number of likely N-dealkylation sites (N-methyl/N-ethyl adjacent to an activating group) is 1. The van der Waals surface area contributed by atoms with Crippen LogP contribution in [0.4, 0.5) is 11.5 Å². The molecule has 0 bridgehead atoms. The molecule has 3 N–H and O–H groups in total. The van der Waals surface area contributed by atoms with Gasteiger partial charge in [0.1, 0.15) is 11.4 Å². The Hall–Kier alpha value is -3.21. The van der Waals surface area contributed by atoms with Crippen molar-refractivity contribution in [3.63, 3.8) is 0 Å². The number of β-amino-alcohol motifs (C(OH)–C–C–N with tert-alkyl or cyclic N) is 1. The van der Waals surface area contributed by atoms with Gasteiger partial charge in [0.25, 0.3) is 0 Å². The number of fused-ring (bicyclic) bond motifs is 1. The maximum atomic E-state index is 10.4. The molecule has 1 aromatic heterocycles. The lowest BCUT2D eigenvalue weighted by Gasteiger charge is -2.33. The molecular weight excluding hydrogens is 354 g/mol. The van der Waals surface area contributed by atoms with Crippen molar-refractivity contribution in [2.75, 3.05) is 25.5 Å². The number of hydrogen-bond donors (Lipinski definition) is 3. The minimum absolute atomic E-state index is 0.00527. The van der Waals surface area contributed by atoms with Crippen LogP contribution in [0.15, 0.2) is 42.5 Å². The average molecular weight is 375 g/mol. The molecule has 4 rings (SSSR count). The summed E-state index contributed by atoms with van der Waals surface area (Å²) in [7, 11) is 1.99. The normalized spacial score (nSPS) is 20.0. The van der Waals surface area contributed by atoms with Gasteiger partial charge in [-0.3, -0.25) is 0 Å². The van der Waals surface area contributed by atoms with Crippen molar-refractivity contribution in [2.24, 2.45) is 0 Å². The summed E-state index contributed by atoms with van der Waals surface area (Å²) in [6.45, 7) is 8.57. The van der Waals surface area contributed by atoms with Crippen molar-refractivity contribution in [3.8, 4) is 17.0 Å². The van der Waals surface area contributed by atoms with Crippen LogP contribution >= 0.6 is 0 Å². The number of aromatic nitrogens is 2. The van der Waals surface area contributed by atoms with E-state index in [4.69, 9.17) is 6.57 Å². The number of phenolic OH excluding ortho intramolecular Hbond substituents is 1. The molecule has 0 amide bonds. The molecule has 28 heavy (non-hydrogen) atoms. The molecule has 0 saturated carbocycles. The summed E-state index contributed by atoms with van der Waals surface area (Å²) in [6, 6.07) is 12.6. The van der Waals surface area contributed by atoms with E-state index in [1.807, 2.05) is 31.3 Å². The largest absolute Gasteiger partial charge is 0.509 e. The molecular formula is C21H21N5O2. The third kappa shape index (κ3) is 3.48. The highest BCUT2D eigenvalue weighted by atomic mass is 16.3. The van der Waals surface area contributed by atoms with Gasteiger partial charge >= 0.3 is 0 Å². The first kappa shape index (κ1) is 18.2. The van der Waals surface area contributed by atoms with E-state index in [-0.39, 0.29) is 17.9 Å². The van der Waals surface area contributed by atoms with E-state index in [2.05, 4.69) is 25.3 Å². The summed E-state index contributed by atoms with van der Waals surface area (Å²) >= 11 is 0. The second-order valence-corrected chi connectivity index (χ2v) is 7.21. The second-order valence-electron chi connectivity index (χ2n) is 7.21. The van der Waals surface area contributed by atoms with Crippen LogP contribution < -0.4 is 5.32 Å². The van der Waals surface area contributed by atoms with Gasteiger partial charge in [0, 0.05) is 35.5 Å². The minimum atomic E-state index is -0.368. The lowest BCUT2D eigenvalue weighted by molar-refractivity contribution is 0.0779. The Labute approximate surface area is 163 Å². The van der Waals surface area contributed by atoms with E-state index in [1.165, 1.54) is 6.07 Å². The van der Waals surface area contributed by atoms with Crippen molar-refractivity contribution in [3.05, 3.63) is 53.9 Å². The van der Waals surface area contributed by atoms with E-state index in [9.17, 15) is 10.2 Å². The van der Waals surface area contributed by atoms with Gasteiger partial charge in [-0.15, -0.1) is 10.2 Å². The molecule has 142 valence electrons. The van der Waals surface area contributed by atoms with E-state index >= 15 is 0 Å². The number of nitrogens with one attached hydrogen (secondary N) is 1. The van der Waals surface area contributed by atoms with Crippen molar-refractivity contribution < 1.29 is 10.2 Å². The zero-order valence-corrected chi connectivity index (χ0v) is 15.5. The number of aliphatic hydroxyl groups is 1. The fraction of sp³-hybridized carbons (Fsp3) is 0.286. The Balaban J connectivity index is 1.74. The summed E-state index contributed by atoms with van der Waals surface area (Å²) in [5.41, 5.74) is 1.48. The summed E-state index contributed by atoms with van der Waals surface area (Å²) in [6.07, 6.45) is 0.286. The topological polar surface area (TPSA) is 85.9 Å². The molecule has 2 heterocycles. The molecule has 3 aromatic rings. The number of rotatable bonds is 3. The first-order chi connectivity index (χ1) is 13.5. The van der Waals surface area contributed by atoms with Gasteiger partial charge in [0.05, 0.1) is 12.7 Å². The maximum absolute atomic E-state index is 10.4. The van der Waals surface area contributed by atoms with Crippen LogP contribution in [0.2, 0.25) is 0 Å². The monoisotopic (exact) mass is 375 g/mol. The molecule has 0 spiro atoms. The smallest absolute Gasteiger partial charge is 0.190 e. The summed E-state index contributed by atoms with van der Waals surface area (Å²) in [5.74, 6) is 0.662. The molecule has 1 fully saturated rings. The predicted octanol–water partition coefficient (Wildman–Crippen LogP) is 3.03. The van der Waals surface area contributed by atoms with Crippen LogP contribution in [-0.4, -0.2) is 57.6 Å². The molecule has 7 nitrogen and oxygen atoms in total. The molecule has 7 heteroatoms. The Kier molecular flexibility index (Phi) is 4.82. The summed E-state index contributed by atoms with van der Waals surface area (Å²) in [5, 5.41) is 34.3. The van der Waals surface area contributed by atoms with Gasteiger partial charge in [0.15, 0.2) is 11.5 Å². The highest BCUT2D eigenvalue weighted by Crippen LogP contribution is 2.36. The molecule has 1 aliphatic heterocycles. The standard InChI is InChI=1S/C21H21N5O2/c1-22-13-7-8-18(19(28)10-13)20-16-5-3-4-6-17(16)21(25-24-20)23-14-9-15(27)12-26(2)11-14/h3-8,10,14-15,27-28H,9,11-12H2,2H3,(H,23,25)/t14-,15+/m1/s1. The highest BCUT2D eigenvalue weighted by molar-refractivity contribution is 6.01. The van der Waals surface area contributed by atoms with Crippen LogP contribution in [0, 0.1) is 6.57 Å². The molecule has 2 aromatic carbocycles. The number of likely N-dealkylation sites (tertiary alicyclic amines) is 1. The molecule has 1 saturated heterocycles. The number of benzene rings is 2. The molecule has 2 atom stereocenters. The van der Waals surface area contributed by atoms with Crippen LogP contribution in [0.25, 0.3) is 26.9 Å². The fourth-order valence-electron chi connectivity index (χ4n) is 3.79. The average Bonchev–Trinajstić information content (AvgIpc) is 2.68. The number of aliphatic hydroxyl groups excluding tert-OH is 1. The summed E-state index contributed by atoms with van der Waals surface area (Å²) < 4.78 is 0. The maximum Gasteiger partial charge on any atom is 0.190 e. The minimum Gasteiger partial charge on any atom is -0.509 e. The Bertz CT molecular complexity index is 1050. The van der Waals surface area contributed by atoms with Crippen LogP contribution in [-0.2, 0) is 0 Å². The lowest BCUT2D eigenvalue weighted by atomic mass is 10.0. The lowest BCUT2D eigenvalue weighted by Crippen LogP contribution is -2.46. The van der Waals surface area contributed by atoms with Gasteiger partial charge in [-0.1, -0.05) is 36.4 Å². The van der Waals surface area contributed by atoms with Crippen molar-refractivity contribution in [2.45, 2.75) is 18.6 Å². The van der Waals surface area contributed by atoms with E-state index < -0.39 is 0 Å². The Morgan fingerprint density at radius 3 is 2.64 bits per heavy atom. The molecule has 0 aliphatic carbocycles. The van der Waals surface area contributed by atoms with Crippen molar-refractivity contribution >= 4 is 22.3 Å². The predicted molar refractivity (Wildman–Crippen MR) is 108 cm³/mol. The zero-order chi connectivity index (χ0) is 19.7. The van der Waals surface area contributed by atoms with E-state index in [1.54, 1.807) is 12.1 Å². The van der Waals surface area contributed by atoms with Crippen LogP contribution in [0.3, 0.4) is 0 Å². The fourth-order valence-corrected chi connectivity index (χ4v) is 3.79. The van der Waals surface area contributed by atoms with Gasteiger partial charge in [-0.25, -0.2) is 4.85 Å². The molecule has 0 radical (unpaired) electrons. The van der Waals surface area contributed by atoms with Gasteiger partial charge in [-0.05, 0) is 19.5 Å². The van der Waals surface area contributed by atoms with Crippen molar-refractivity contribution in [1.82, 2.24) is 15.1 Å². The van der Waals surface area contributed by atoms with E-state index in [0.29, 0.717) is 35.7 Å². The first-order valence-electron chi connectivity index (χ1n) is 9.14. The number of nitrogens with zero attached hydrogens (tertiary/aromatic N) is 4. The molecule has 1 aliphatic rings. The highest BCUT2D eigenvalue weighted by Gasteiger charge is 2.25. The number of aromatic hydroxyl groups is 1. The number of hydrogen-bond acceptors (Lipinski definition) is 6. The Morgan fingerprint density at radius 1 is 1.14 bits per heavy atom. The summed E-state index contributed by atoms with van der Waals surface area (Å²) in [4.78, 5) is 5.43. The third-order valence-electron chi connectivity index (χ3n) is 5.00. The Morgan fingerprint density at radius 2 is 1.93 bits per heavy atom. The molecule has 0 unspecified atom stereocenters. The van der Waals surface area contributed by atoms with Gasteiger partial charge in [-0.2, -0.15) is 0 Å². The van der Waals surface area contributed by atoms with Crippen LogP contribution in [0.5, 0.6) is 5.75 Å². The number of anilines is 1. The second kappa shape index (κ2) is 7.43. The first-order valence-corrected chi connectivity index (χ1v) is 9.14. The third-order valence-corrected chi connectivity index (χ3v) is 5.00. The number of piperidine rings is 1. The quantitative estimate of drug-likeness (QED) is 0.610. The van der Waals surface area contributed by atoms with Crippen LogP contribution in [0.1, 0.15) is 6.42 Å².